The van der Waals surface area contributed by atoms with Crippen molar-refractivity contribution in [2.45, 2.75) is 12.5 Å². The number of nitrogens with one attached hydrogen (secondary N) is 1. The molecule has 0 atom stereocenters. The van der Waals surface area contributed by atoms with Gasteiger partial charge in [0.15, 0.2) is 0 Å². The number of halogens is 2. The topological polar surface area (TPSA) is 38.3 Å². The van der Waals surface area contributed by atoms with E-state index in [4.69, 9.17) is 27.9 Å². The van der Waals surface area contributed by atoms with Crippen LogP contribution in [0.25, 0.3) is 0 Å². The molecule has 20 heavy (non-hydrogen) atoms. The second-order valence-electron chi connectivity index (χ2n) is 4.16. The molecule has 2 rings (SSSR count). The van der Waals surface area contributed by atoms with Gasteiger partial charge in [0.2, 0.25) is 0 Å². The van der Waals surface area contributed by atoms with E-state index >= 15 is 0 Å². The fourth-order valence-electron chi connectivity index (χ4n) is 1.59. The number of carbonyl (C=O) groups is 1. The molecule has 0 saturated heterocycles. The van der Waals surface area contributed by atoms with E-state index in [0.717, 1.165) is 11.1 Å². The molecule has 5 heteroatoms. The van der Waals surface area contributed by atoms with Crippen LogP contribution in [0, 0.1) is 0 Å². The Hall–Kier alpha value is -1.71. The first-order valence-corrected chi connectivity index (χ1v) is 6.92. The van der Waals surface area contributed by atoms with Crippen molar-refractivity contribution < 1.29 is 9.53 Å². The average Bonchev–Trinajstić information content (AvgIpc) is 2.46. The summed E-state index contributed by atoms with van der Waals surface area (Å²) in [5, 5.41) is 3.16. The smallest absolute Gasteiger partial charge is 0.411 e. The molecule has 0 bridgehead atoms. The molecule has 3 nitrogen and oxygen atoms in total. The van der Waals surface area contributed by atoms with Crippen LogP contribution in [0.3, 0.4) is 0 Å². The highest BCUT2D eigenvalue weighted by Gasteiger charge is 2.04. The normalized spacial score (nSPS) is 10.1. The van der Waals surface area contributed by atoms with Gasteiger partial charge in [-0.15, -0.1) is 11.6 Å². The van der Waals surface area contributed by atoms with E-state index in [1.54, 1.807) is 24.3 Å². The van der Waals surface area contributed by atoms with E-state index in [2.05, 4.69) is 5.32 Å². The van der Waals surface area contributed by atoms with Crippen LogP contribution >= 0.6 is 23.2 Å². The molecule has 0 saturated carbocycles. The lowest BCUT2D eigenvalue weighted by Crippen LogP contribution is -2.13. The van der Waals surface area contributed by atoms with Crippen LogP contribution in [0.2, 0.25) is 5.02 Å². The highest BCUT2D eigenvalue weighted by atomic mass is 35.5. The number of alkyl halides is 1. The number of rotatable bonds is 4. The molecule has 2 aromatic carbocycles. The van der Waals surface area contributed by atoms with Crippen LogP contribution in [-0.2, 0) is 17.2 Å². The predicted molar refractivity (Wildman–Crippen MR) is 81.3 cm³/mol. The fourth-order valence-corrected chi connectivity index (χ4v) is 1.96. The van der Waals surface area contributed by atoms with E-state index in [0.29, 0.717) is 16.6 Å². The van der Waals surface area contributed by atoms with Crippen LogP contribution in [0.1, 0.15) is 11.1 Å². The summed E-state index contributed by atoms with van der Waals surface area (Å²) in [4.78, 5) is 11.6. The van der Waals surface area contributed by atoms with Crippen molar-refractivity contribution in [3.63, 3.8) is 0 Å². The number of hydrogen-bond acceptors (Lipinski definition) is 2. The molecule has 0 fully saturated rings. The van der Waals surface area contributed by atoms with Gasteiger partial charge in [-0.1, -0.05) is 41.9 Å². The van der Waals surface area contributed by atoms with Crippen LogP contribution in [-0.4, -0.2) is 6.09 Å². The molecule has 0 aliphatic carbocycles. The van der Waals surface area contributed by atoms with Crippen molar-refractivity contribution in [2.24, 2.45) is 0 Å². The van der Waals surface area contributed by atoms with Crippen LogP contribution in [0.4, 0.5) is 10.5 Å². The molecule has 0 heterocycles. The summed E-state index contributed by atoms with van der Waals surface area (Å²) in [6, 6.07) is 14.4. The lowest BCUT2D eigenvalue weighted by Gasteiger charge is -2.07. The van der Waals surface area contributed by atoms with Crippen molar-refractivity contribution in [3.05, 3.63) is 64.7 Å². The van der Waals surface area contributed by atoms with Crippen molar-refractivity contribution in [1.29, 1.82) is 0 Å². The largest absolute Gasteiger partial charge is 0.444 e. The van der Waals surface area contributed by atoms with Gasteiger partial charge >= 0.3 is 6.09 Å². The van der Waals surface area contributed by atoms with Crippen molar-refractivity contribution >= 4 is 35.0 Å². The van der Waals surface area contributed by atoms with Crippen LogP contribution in [0.15, 0.2) is 48.5 Å². The number of amides is 1. The predicted octanol–water partition coefficient (Wildman–Crippen LogP) is 4.83. The molecule has 0 aliphatic heterocycles. The van der Waals surface area contributed by atoms with Gasteiger partial charge in [0.05, 0.1) is 0 Å². The van der Waals surface area contributed by atoms with E-state index in [9.17, 15) is 4.79 Å². The van der Waals surface area contributed by atoms with Gasteiger partial charge in [-0.3, -0.25) is 5.32 Å². The zero-order valence-corrected chi connectivity index (χ0v) is 12.1. The maximum atomic E-state index is 11.6. The third-order valence-corrected chi connectivity index (χ3v) is 3.16. The summed E-state index contributed by atoms with van der Waals surface area (Å²) in [6.07, 6.45) is -0.520. The van der Waals surface area contributed by atoms with Gasteiger partial charge in [0.1, 0.15) is 6.61 Å². The Balaban J connectivity index is 1.85. The van der Waals surface area contributed by atoms with Crippen molar-refractivity contribution in [1.82, 2.24) is 0 Å². The minimum Gasteiger partial charge on any atom is -0.444 e. The van der Waals surface area contributed by atoms with E-state index in [-0.39, 0.29) is 6.61 Å². The first-order valence-electron chi connectivity index (χ1n) is 6.00. The maximum absolute atomic E-state index is 11.6. The number of ether oxygens (including phenoxy) is 1. The molecule has 1 amide bonds. The van der Waals surface area contributed by atoms with E-state index in [1.807, 2.05) is 24.3 Å². The van der Waals surface area contributed by atoms with Crippen LogP contribution in [0.5, 0.6) is 0 Å². The van der Waals surface area contributed by atoms with Gasteiger partial charge < -0.3 is 4.74 Å². The molecule has 0 aliphatic rings. The second-order valence-corrected chi connectivity index (χ2v) is 4.87. The highest BCUT2D eigenvalue weighted by Crippen LogP contribution is 2.15. The zero-order valence-electron chi connectivity index (χ0n) is 10.6. The molecular formula is C15H13Cl2NO2. The molecule has 0 spiro atoms. The molecule has 104 valence electrons. The molecular weight excluding hydrogens is 297 g/mol. The van der Waals surface area contributed by atoms with E-state index < -0.39 is 6.09 Å². The Morgan fingerprint density at radius 2 is 1.80 bits per heavy atom. The third-order valence-electron chi connectivity index (χ3n) is 2.62. The zero-order chi connectivity index (χ0) is 14.4. The molecule has 1 N–H and O–H groups in total. The average molecular weight is 310 g/mol. The van der Waals surface area contributed by atoms with Gasteiger partial charge in [-0.05, 0) is 29.3 Å². The minimum absolute atomic E-state index is 0.203. The summed E-state index contributed by atoms with van der Waals surface area (Å²) in [5.74, 6) is 0.469. The van der Waals surface area contributed by atoms with E-state index in [1.165, 1.54) is 0 Å². The van der Waals surface area contributed by atoms with Crippen molar-refractivity contribution in [2.75, 3.05) is 5.32 Å². The molecule has 2 aromatic rings. The lowest BCUT2D eigenvalue weighted by molar-refractivity contribution is 0.155. The van der Waals surface area contributed by atoms with Crippen molar-refractivity contribution in [3.8, 4) is 0 Å². The van der Waals surface area contributed by atoms with Gasteiger partial charge in [-0.2, -0.15) is 0 Å². The first-order chi connectivity index (χ1) is 9.67. The quantitative estimate of drug-likeness (QED) is 0.822. The standard InChI is InChI=1S/C15H13Cl2NO2/c16-9-11-4-6-12(7-5-11)10-20-15(19)18-14-3-1-2-13(17)8-14/h1-8H,9-10H2,(H,18,19). The highest BCUT2D eigenvalue weighted by molar-refractivity contribution is 6.30. The fraction of sp³-hybridized carbons (Fsp3) is 0.133. The lowest BCUT2D eigenvalue weighted by atomic mass is 10.2. The van der Waals surface area contributed by atoms with Gasteiger partial charge in [0.25, 0.3) is 0 Å². The summed E-state index contributed by atoms with van der Waals surface area (Å²) in [6.45, 7) is 0.203. The Morgan fingerprint density at radius 3 is 2.45 bits per heavy atom. The van der Waals surface area contributed by atoms with Gasteiger partial charge in [-0.25, -0.2) is 4.79 Å². The maximum Gasteiger partial charge on any atom is 0.411 e. The summed E-state index contributed by atoms with van der Waals surface area (Å²) in [5.41, 5.74) is 2.53. The Morgan fingerprint density at radius 1 is 1.10 bits per heavy atom. The Kier molecular flexibility index (Phi) is 5.27. The Labute approximate surface area is 127 Å². The summed E-state index contributed by atoms with van der Waals surface area (Å²) < 4.78 is 5.12. The minimum atomic E-state index is -0.520. The number of benzene rings is 2. The van der Waals surface area contributed by atoms with Gasteiger partial charge in [0, 0.05) is 16.6 Å². The molecule has 0 aromatic heterocycles. The second kappa shape index (κ2) is 7.17. The number of hydrogen-bond donors (Lipinski definition) is 1. The molecule has 0 unspecified atom stereocenters. The monoisotopic (exact) mass is 309 g/mol. The van der Waals surface area contributed by atoms with Crippen LogP contribution < -0.4 is 5.32 Å². The first kappa shape index (κ1) is 14.7. The molecule has 0 radical (unpaired) electrons. The SMILES string of the molecule is O=C(Nc1cccc(Cl)c1)OCc1ccc(CCl)cc1. The number of carbonyl (C=O) groups excluding carboxylic acids is 1. The Bertz CT molecular complexity index is 585. The third kappa shape index (κ3) is 4.44. The summed E-state index contributed by atoms with van der Waals surface area (Å²) in [7, 11) is 0. The summed E-state index contributed by atoms with van der Waals surface area (Å²) >= 11 is 11.5. The number of anilines is 1.